The molecule has 1 aromatic rings. The SMILES string of the molecule is CN(C)C(=O)N1CCN(c2nccc(C(F)(F)F)n2)CC1. The highest BCUT2D eigenvalue weighted by Crippen LogP contribution is 2.28. The molecule has 0 atom stereocenters. The van der Waals surface area contributed by atoms with E-state index in [0.717, 1.165) is 12.3 Å². The van der Waals surface area contributed by atoms with Crippen molar-refractivity contribution in [3.63, 3.8) is 0 Å². The molecule has 0 aromatic carbocycles. The van der Waals surface area contributed by atoms with Crippen molar-refractivity contribution in [1.29, 1.82) is 0 Å². The molecule has 0 radical (unpaired) electrons. The number of carbonyl (C=O) groups excluding carboxylic acids is 1. The van der Waals surface area contributed by atoms with Crippen LogP contribution in [0.2, 0.25) is 0 Å². The lowest BCUT2D eigenvalue weighted by atomic mass is 10.3. The van der Waals surface area contributed by atoms with E-state index >= 15 is 0 Å². The first-order valence-electron chi connectivity index (χ1n) is 6.40. The van der Waals surface area contributed by atoms with Gasteiger partial charge in [-0.3, -0.25) is 0 Å². The van der Waals surface area contributed by atoms with Crippen molar-refractivity contribution in [3.8, 4) is 0 Å². The van der Waals surface area contributed by atoms with E-state index in [9.17, 15) is 18.0 Å². The number of hydrogen-bond donors (Lipinski definition) is 0. The number of rotatable bonds is 1. The number of carbonyl (C=O) groups is 1. The van der Waals surface area contributed by atoms with Gasteiger partial charge in [0.1, 0.15) is 5.69 Å². The highest BCUT2D eigenvalue weighted by molar-refractivity contribution is 5.74. The summed E-state index contributed by atoms with van der Waals surface area (Å²) >= 11 is 0. The molecule has 9 heteroatoms. The van der Waals surface area contributed by atoms with Crippen molar-refractivity contribution >= 4 is 12.0 Å². The monoisotopic (exact) mass is 303 g/mol. The fourth-order valence-electron chi connectivity index (χ4n) is 2.04. The first-order valence-corrected chi connectivity index (χ1v) is 6.40. The Bertz CT molecular complexity index is 512. The van der Waals surface area contributed by atoms with E-state index in [4.69, 9.17) is 0 Å². The van der Waals surface area contributed by atoms with E-state index in [1.165, 1.54) is 4.90 Å². The lowest BCUT2D eigenvalue weighted by molar-refractivity contribution is -0.141. The number of hydrogen-bond acceptors (Lipinski definition) is 4. The predicted octanol–water partition coefficient (Wildman–Crippen LogP) is 1.30. The molecule has 116 valence electrons. The Labute approximate surface area is 120 Å². The van der Waals surface area contributed by atoms with Gasteiger partial charge in [0.2, 0.25) is 5.95 Å². The van der Waals surface area contributed by atoms with Gasteiger partial charge >= 0.3 is 12.2 Å². The lowest BCUT2D eigenvalue weighted by Gasteiger charge is -2.35. The van der Waals surface area contributed by atoms with E-state index in [1.807, 2.05) is 0 Å². The van der Waals surface area contributed by atoms with Crippen molar-refractivity contribution in [2.45, 2.75) is 6.18 Å². The summed E-state index contributed by atoms with van der Waals surface area (Å²) in [5.41, 5.74) is -0.959. The van der Waals surface area contributed by atoms with E-state index in [0.29, 0.717) is 26.2 Å². The second kappa shape index (κ2) is 5.74. The topological polar surface area (TPSA) is 52.6 Å². The Hall–Kier alpha value is -2.06. The normalized spacial score (nSPS) is 16.0. The molecule has 1 saturated heterocycles. The quantitative estimate of drug-likeness (QED) is 0.785. The van der Waals surface area contributed by atoms with E-state index < -0.39 is 11.9 Å². The third-order valence-corrected chi connectivity index (χ3v) is 3.15. The van der Waals surface area contributed by atoms with Crippen molar-refractivity contribution in [2.75, 3.05) is 45.2 Å². The standard InChI is InChI=1S/C12H16F3N5O/c1-18(2)11(21)20-7-5-19(6-8-20)10-16-4-3-9(17-10)12(13,14)15/h3-4H,5-8H2,1-2H3. The first-order chi connectivity index (χ1) is 9.79. The minimum atomic E-state index is -4.49. The summed E-state index contributed by atoms with van der Waals surface area (Å²) < 4.78 is 37.9. The van der Waals surface area contributed by atoms with Gasteiger partial charge in [0, 0.05) is 46.5 Å². The molecule has 0 spiro atoms. The van der Waals surface area contributed by atoms with E-state index in [-0.39, 0.29) is 12.0 Å². The molecule has 1 aromatic heterocycles. The highest BCUT2D eigenvalue weighted by atomic mass is 19.4. The Morgan fingerprint density at radius 3 is 2.38 bits per heavy atom. The molecule has 21 heavy (non-hydrogen) atoms. The summed E-state index contributed by atoms with van der Waals surface area (Å²) in [5, 5.41) is 0. The summed E-state index contributed by atoms with van der Waals surface area (Å²) in [6, 6.07) is 0.731. The first kappa shape index (κ1) is 15.3. The zero-order chi connectivity index (χ0) is 15.6. The Kier molecular flexibility index (Phi) is 4.19. The van der Waals surface area contributed by atoms with Crippen LogP contribution in [0.1, 0.15) is 5.69 Å². The molecule has 0 bridgehead atoms. The fourth-order valence-corrected chi connectivity index (χ4v) is 2.04. The number of anilines is 1. The lowest BCUT2D eigenvalue weighted by Crippen LogP contribution is -2.52. The van der Waals surface area contributed by atoms with Crippen LogP contribution in [0.15, 0.2) is 12.3 Å². The largest absolute Gasteiger partial charge is 0.433 e. The predicted molar refractivity (Wildman–Crippen MR) is 69.9 cm³/mol. The van der Waals surface area contributed by atoms with Crippen LogP contribution in [0.4, 0.5) is 23.9 Å². The van der Waals surface area contributed by atoms with Crippen LogP contribution in [0.5, 0.6) is 0 Å². The smallest absolute Gasteiger partial charge is 0.337 e. The van der Waals surface area contributed by atoms with Crippen LogP contribution in [0.3, 0.4) is 0 Å². The number of nitrogens with zero attached hydrogens (tertiary/aromatic N) is 5. The molecule has 2 heterocycles. The molecule has 2 rings (SSSR count). The number of urea groups is 1. The fraction of sp³-hybridized carbons (Fsp3) is 0.583. The van der Waals surface area contributed by atoms with Crippen LogP contribution < -0.4 is 4.90 Å². The molecular weight excluding hydrogens is 287 g/mol. The Morgan fingerprint density at radius 1 is 1.24 bits per heavy atom. The summed E-state index contributed by atoms with van der Waals surface area (Å²) in [5.74, 6) is 0.0433. The minimum Gasteiger partial charge on any atom is -0.337 e. The van der Waals surface area contributed by atoms with Gasteiger partial charge in [-0.15, -0.1) is 0 Å². The minimum absolute atomic E-state index is 0.0433. The summed E-state index contributed by atoms with van der Waals surface area (Å²) in [6.07, 6.45) is -3.39. The maximum Gasteiger partial charge on any atom is 0.433 e. The van der Waals surface area contributed by atoms with Gasteiger partial charge in [-0.25, -0.2) is 14.8 Å². The van der Waals surface area contributed by atoms with Crippen molar-refractivity contribution in [2.24, 2.45) is 0 Å². The maximum absolute atomic E-state index is 12.6. The maximum atomic E-state index is 12.6. The molecule has 6 nitrogen and oxygen atoms in total. The van der Waals surface area contributed by atoms with Crippen LogP contribution >= 0.6 is 0 Å². The highest BCUT2D eigenvalue weighted by Gasteiger charge is 2.33. The molecule has 1 aliphatic rings. The van der Waals surface area contributed by atoms with E-state index in [1.54, 1.807) is 23.9 Å². The van der Waals surface area contributed by atoms with Gasteiger partial charge < -0.3 is 14.7 Å². The molecule has 0 saturated carbocycles. The average Bonchev–Trinajstić information content (AvgIpc) is 2.46. The summed E-state index contributed by atoms with van der Waals surface area (Å²) in [7, 11) is 3.31. The third kappa shape index (κ3) is 3.53. The molecule has 1 aliphatic heterocycles. The number of halogens is 3. The summed E-state index contributed by atoms with van der Waals surface area (Å²) in [6.45, 7) is 1.66. The summed E-state index contributed by atoms with van der Waals surface area (Å²) in [4.78, 5) is 24.0. The van der Waals surface area contributed by atoms with Crippen molar-refractivity contribution < 1.29 is 18.0 Å². The molecule has 0 unspecified atom stereocenters. The molecule has 1 fully saturated rings. The van der Waals surface area contributed by atoms with Gasteiger partial charge in [0.15, 0.2) is 0 Å². The van der Waals surface area contributed by atoms with Crippen LogP contribution in [0.25, 0.3) is 0 Å². The van der Waals surface area contributed by atoms with Crippen LogP contribution in [-0.4, -0.2) is 66.1 Å². The molecular formula is C12H16F3N5O. The average molecular weight is 303 g/mol. The van der Waals surface area contributed by atoms with Gasteiger partial charge in [-0.1, -0.05) is 0 Å². The van der Waals surface area contributed by atoms with Gasteiger partial charge in [-0.2, -0.15) is 13.2 Å². The van der Waals surface area contributed by atoms with Gasteiger partial charge in [-0.05, 0) is 6.07 Å². The van der Waals surface area contributed by atoms with Gasteiger partial charge in [0.05, 0.1) is 0 Å². The number of alkyl halides is 3. The number of amides is 2. The molecule has 0 N–H and O–H groups in total. The zero-order valence-corrected chi connectivity index (χ0v) is 11.8. The molecule has 2 amide bonds. The zero-order valence-electron chi connectivity index (χ0n) is 11.8. The van der Waals surface area contributed by atoms with Crippen molar-refractivity contribution in [3.05, 3.63) is 18.0 Å². The van der Waals surface area contributed by atoms with Gasteiger partial charge in [0.25, 0.3) is 0 Å². The van der Waals surface area contributed by atoms with Crippen molar-refractivity contribution in [1.82, 2.24) is 19.8 Å². The van der Waals surface area contributed by atoms with Crippen LogP contribution in [-0.2, 0) is 6.18 Å². The van der Waals surface area contributed by atoms with Crippen LogP contribution in [0, 0.1) is 0 Å². The second-order valence-electron chi connectivity index (χ2n) is 4.89. The molecule has 0 aliphatic carbocycles. The Balaban J connectivity index is 2.04. The number of piperazine rings is 1. The van der Waals surface area contributed by atoms with E-state index in [2.05, 4.69) is 9.97 Å². The second-order valence-corrected chi connectivity index (χ2v) is 4.89. The Morgan fingerprint density at radius 2 is 1.86 bits per heavy atom. The third-order valence-electron chi connectivity index (χ3n) is 3.15. The number of aromatic nitrogens is 2.